The largest absolute Gasteiger partial charge is 0.467 e. The molecule has 2 rings (SSSR count). The highest BCUT2D eigenvalue weighted by Crippen LogP contribution is 2.27. The van der Waals surface area contributed by atoms with Crippen molar-refractivity contribution in [3.05, 3.63) is 66.1 Å². The molecule has 1 unspecified atom stereocenters. The quantitative estimate of drug-likeness (QED) is 0.783. The molecule has 4 nitrogen and oxygen atoms in total. The zero-order valence-electron chi connectivity index (χ0n) is 12.8. The van der Waals surface area contributed by atoms with Crippen molar-refractivity contribution in [2.45, 2.75) is 37.6 Å². The van der Waals surface area contributed by atoms with Gasteiger partial charge in [-0.25, -0.2) is 8.42 Å². The van der Waals surface area contributed by atoms with Crippen molar-refractivity contribution in [3.63, 3.8) is 0 Å². The lowest BCUT2D eigenvalue weighted by Crippen LogP contribution is -2.29. The maximum Gasteiger partial charge on any atom is 0.241 e. The molecule has 0 bridgehead atoms. The van der Waals surface area contributed by atoms with E-state index in [0.29, 0.717) is 5.76 Å². The minimum atomic E-state index is -3.61. The first kappa shape index (κ1) is 16.5. The molecule has 1 atom stereocenters. The van der Waals surface area contributed by atoms with Gasteiger partial charge < -0.3 is 4.42 Å². The Hall–Kier alpha value is -1.85. The Balaban J connectivity index is 2.35. The average Bonchev–Trinajstić information content (AvgIpc) is 3.06. The normalized spacial score (nSPS) is 14.0. The van der Waals surface area contributed by atoms with E-state index in [-0.39, 0.29) is 4.90 Å². The van der Waals surface area contributed by atoms with Gasteiger partial charge in [0.2, 0.25) is 10.0 Å². The van der Waals surface area contributed by atoms with Crippen molar-refractivity contribution in [2.24, 2.45) is 0 Å². The molecule has 1 aromatic carbocycles. The van der Waals surface area contributed by atoms with Crippen LogP contribution in [0, 0.1) is 0 Å². The second-order valence-corrected chi connectivity index (χ2v) is 6.71. The van der Waals surface area contributed by atoms with E-state index in [4.69, 9.17) is 4.42 Å². The van der Waals surface area contributed by atoms with Crippen LogP contribution in [0.25, 0.3) is 0 Å². The van der Waals surface area contributed by atoms with Crippen LogP contribution in [0.5, 0.6) is 0 Å². The summed E-state index contributed by atoms with van der Waals surface area (Å²) in [5.74, 6) is 0.598. The Bertz CT molecular complexity index is 704. The number of benzene rings is 1. The minimum absolute atomic E-state index is 0.249. The van der Waals surface area contributed by atoms with Gasteiger partial charge in [0, 0.05) is 0 Å². The molecule has 22 heavy (non-hydrogen) atoms. The third-order valence-electron chi connectivity index (χ3n) is 3.43. The molecule has 0 radical (unpaired) electrons. The highest BCUT2D eigenvalue weighted by Gasteiger charge is 2.25. The van der Waals surface area contributed by atoms with Gasteiger partial charge in [-0.05, 0) is 43.2 Å². The third kappa shape index (κ3) is 3.87. The first-order chi connectivity index (χ1) is 10.6. The van der Waals surface area contributed by atoms with Crippen LogP contribution in [0.4, 0.5) is 0 Å². The fraction of sp³-hybridized carbons (Fsp3) is 0.294. The number of rotatable bonds is 7. The average molecular weight is 319 g/mol. The Morgan fingerprint density at radius 3 is 2.50 bits per heavy atom. The number of allylic oxidation sites excluding steroid dienone is 1. The lowest BCUT2D eigenvalue weighted by atomic mass is 10.0. The Morgan fingerprint density at radius 2 is 1.95 bits per heavy atom. The zero-order valence-corrected chi connectivity index (χ0v) is 13.6. The Kier molecular flexibility index (Phi) is 5.57. The van der Waals surface area contributed by atoms with Crippen LogP contribution in [-0.4, -0.2) is 8.42 Å². The molecule has 1 aromatic heterocycles. The van der Waals surface area contributed by atoms with Crippen molar-refractivity contribution in [1.82, 2.24) is 4.72 Å². The summed E-state index contributed by atoms with van der Waals surface area (Å²) < 4.78 is 33.4. The zero-order chi connectivity index (χ0) is 16.0. The molecule has 0 aliphatic heterocycles. The standard InChI is InChI=1S/C17H21NO3S/c1-3-9-14(4-2)17(16-12-8-13-21-16)18-22(19,20)15-10-6-5-7-11-15/h4-8,10-13,17-18H,3,9H2,1-2H3/b14-4+. The summed E-state index contributed by atoms with van der Waals surface area (Å²) in [4.78, 5) is 0.249. The van der Waals surface area contributed by atoms with Gasteiger partial charge in [0.25, 0.3) is 0 Å². The lowest BCUT2D eigenvalue weighted by molar-refractivity contribution is 0.462. The summed E-state index contributed by atoms with van der Waals surface area (Å²) in [7, 11) is -3.61. The van der Waals surface area contributed by atoms with Gasteiger partial charge in [-0.3, -0.25) is 0 Å². The lowest BCUT2D eigenvalue weighted by Gasteiger charge is -2.20. The van der Waals surface area contributed by atoms with Crippen molar-refractivity contribution >= 4 is 10.0 Å². The molecule has 1 N–H and O–H groups in total. The number of nitrogens with one attached hydrogen (secondary N) is 1. The van der Waals surface area contributed by atoms with Crippen LogP contribution in [0.15, 0.2) is 69.7 Å². The first-order valence-corrected chi connectivity index (χ1v) is 8.82. The van der Waals surface area contributed by atoms with Gasteiger partial charge in [0.05, 0.1) is 11.2 Å². The number of furan rings is 1. The smallest absolute Gasteiger partial charge is 0.241 e. The predicted octanol–water partition coefficient (Wildman–Crippen LogP) is 4.05. The van der Waals surface area contributed by atoms with E-state index in [2.05, 4.69) is 11.6 Å². The predicted molar refractivity (Wildman–Crippen MR) is 86.9 cm³/mol. The van der Waals surface area contributed by atoms with Gasteiger partial charge in [-0.15, -0.1) is 0 Å². The number of hydrogen-bond acceptors (Lipinski definition) is 3. The van der Waals surface area contributed by atoms with Crippen LogP contribution < -0.4 is 4.72 Å². The molecule has 1 heterocycles. The molecule has 0 saturated carbocycles. The van der Waals surface area contributed by atoms with E-state index in [9.17, 15) is 8.42 Å². The highest BCUT2D eigenvalue weighted by atomic mass is 32.2. The van der Waals surface area contributed by atoms with Crippen molar-refractivity contribution in [3.8, 4) is 0 Å². The fourth-order valence-corrected chi connectivity index (χ4v) is 3.57. The fourth-order valence-electron chi connectivity index (χ4n) is 2.34. The third-order valence-corrected chi connectivity index (χ3v) is 4.87. The summed E-state index contributed by atoms with van der Waals surface area (Å²) in [6.07, 6.45) is 5.24. The first-order valence-electron chi connectivity index (χ1n) is 7.34. The maximum absolute atomic E-state index is 12.6. The Labute approximate surface area is 131 Å². The van der Waals surface area contributed by atoms with Crippen LogP contribution in [-0.2, 0) is 10.0 Å². The van der Waals surface area contributed by atoms with E-state index in [1.54, 1.807) is 48.7 Å². The SMILES string of the molecule is C/C=C(\CCC)C(NS(=O)(=O)c1ccccc1)c1ccco1. The van der Waals surface area contributed by atoms with Gasteiger partial charge in [-0.1, -0.05) is 37.6 Å². The molecular formula is C17H21NO3S. The number of sulfonamides is 1. The van der Waals surface area contributed by atoms with Crippen LogP contribution in [0.3, 0.4) is 0 Å². The molecule has 0 fully saturated rings. The summed E-state index contributed by atoms with van der Waals surface area (Å²) in [6, 6.07) is 11.4. The summed E-state index contributed by atoms with van der Waals surface area (Å²) in [5, 5.41) is 0. The Morgan fingerprint density at radius 1 is 1.23 bits per heavy atom. The molecular weight excluding hydrogens is 298 g/mol. The van der Waals surface area contributed by atoms with Crippen LogP contribution in [0.2, 0.25) is 0 Å². The van der Waals surface area contributed by atoms with Gasteiger partial charge in [-0.2, -0.15) is 4.72 Å². The van der Waals surface area contributed by atoms with E-state index in [1.165, 1.54) is 0 Å². The molecule has 118 valence electrons. The van der Waals surface area contributed by atoms with E-state index >= 15 is 0 Å². The van der Waals surface area contributed by atoms with Crippen LogP contribution in [0.1, 0.15) is 38.5 Å². The molecule has 0 aliphatic carbocycles. The molecule has 0 spiro atoms. The molecule has 0 aliphatic rings. The molecule has 0 amide bonds. The molecule has 0 saturated heterocycles. The van der Waals surface area contributed by atoms with Gasteiger partial charge >= 0.3 is 0 Å². The summed E-state index contributed by atoms with van der Waals surface area (Å²) in [5.41, 5.74) is 0.997. The second-order valence-electron chi connectivity index (χ2n) is 5.00. The molecule has 5 heteroatoms. The van der Waals surface area contributed by atoms with Crippen molar-refractivity contribution in [1.29, 1.82) is 0 Å². The van der Waals surface area contributed by atoms with Gasteiger partial charge in [0.1, 0.15) is 11.8 Å². The van der Waals surface area contributed by atoms with Crippen LogP contribution >= 0.6 is 0 Å². The van der Waals surface area contributed by atoms with Crippen molar-refractivity contribution < 1.29 is 12.8 Å². The van der Waals surface area contributed by atoms with Gasteiger partial charge in [0.15, 0.2) is 0 Å². The van der Waals surface area contributed by atoms with Crippen molar-refractivity contribution in [2.75, 3.05) is 0 Å². The topological polar surface area (TPSA) is 59.3 Å². The van der Waals surface area contributed by atoms with E-state index in [1.807, 2.05) is 13.0 Å². The second kappa shape index (κ2) is 7.42. The summed E-state index contributed by atoms with van der Waals surface area (Å²) >= 11 is 0. The summed E-state index contributed by atoms with van der Waals surface area (Å²) in [6.45, 7) is 3.98. The molecule has 2 aromatic rings. The number of hydrogen-bond donors (Lipinski definition) is 1. The highest BCUT2D eigenvalue weighted by molar-refractivity contribution is 7.89. The maximum atomic E-state index is 12.6. The van der Waals surface area contributed by atoms with E-state index < -0.39 is 16.1 Å². The van der Waals surface area contributed by atoms with E-state index in [0.717, 1.165) is 18.4 Å². The minimum Gasteiger partial charge on any atom is -0.467 e. The monoisotopic (exact) mass is 319 g/mol.